The molecular weight excluding hydrogens is 385 g/mol. The van der Waals surface area contributed by atoms with Crippen LogP contribution < -0.4 is 5.56 Å². The molecule has 2 aromatic carbocycles. The van der Waals surface area contributed by atoms with E-state index in [0.717, 1.165) is 0 Å². The Hall–Kier alpha value is -2.96. The highest BCUT2D eigenvalue weighted by atomic mass is 35.5. The molecule has 2 heterocycles. The minimum absolute atomic E-state index is 0.260. The normalized spacial score (nSPS) is 11.5. The third-order valence-electron chi connectivity index (χ3n) is 4.09. The first-order chi connectivity index (χ1) is 13.1. The fourth-order valence-corrected chi connectivity index (χ4v) is 3.23. The zero-order valence-electron chi connectivity index (χ0n) is 14.2. The van der Waals surface area contributed by atoms with E-state index in [1.54, 1.807) is 28.9 Å². The van der Waals surface area contributed by atoms with E-state index in [1.807, 2.05) is 31.2 Å². The number of rotatable bonds is 3. The summed E-state index contributed by atoms with van der Waals surface area (Å²) in [5, 5.41) is 10.0. The second-order valence-electron chi connectivity index (χ2n) is 5.81. The fourth-order valence-electron chi connectivity index (χ4n) is 2.70. The Morgan fingerprint density at radius 1 is 1.07 bits per heavy atom. The number of hydrogen-bond donors (Lipinski definition) is 0. The van der Waals surface area contributed by atoms with Gasteiger partial charge >= 0.3 is 0 Å². The maximum absolute atomic E-state index is 12.5. The molecule has 0 aliphatic carbocycles. The smallest absolute Gasteiger partial charge is 0.267 e. The molecule has 0 atom stereocenters. The van der Waals surface area contributed by atoms with Crippen molar-refractivity contribution in [2.45, 2.75) is 6.92 Å². The second kappa shape index (κ2) is 6.98. The quantitative estimate of drug-likeness (QED) is 0.489. The average molecular weight is 398 g/mol. The molecule has 0 saturated heterocycles. The molecule has 8 heteroatoms. The van der Waals surface area contributed by atoms with Gasteiger partial charge in [0.1, 0.15) is 11.5 Å². The monoisotopic (exact) mass is 397 g/mol. The number of aromatic nitrogens is 4. The number of benzene rings is 2. The maximum Gasteiger partial charge on any atom is 0.281 e. The van der Waals surface area contributed by atoms with E-state index < -0.39 is 0 Å². The zero-order chi connectivity index (χ0) is 19.0. The van der Waals surface area contributed by atoms with Crippen LogP contribution in [0.15, 0.2) is 64.8 Å². The van der Waals surface area contributed by atoms with Crippen molar-refractivity contribution in [2.24, 2.45) is 5.10 Å². The zero-order valence-corrected chi connectivity index (χ0v) is 15.7. The van der Waals surface area contributed by atoms with Crippen molar-refractivity contribution < 1.29 is 0 Å². The van der Waals surface area contributed by atoms with Crippen molar-refractivity contribution in [3.63, 3.8) is 0 Å². The Morgan fingerprint density at radius 2 is 1.81 bits per heavy atom. The molecule has 4 aromatic rings. The van der Waals surface area contributed by atoms with Crippen LogP contribution >= 0.6 is 23.2 Å². The molecule has 0 bridgehead atoms. The Bertz CT molecular complexity index is 1240. The van der Waals surface area contributed by atoms with E-state index >= 15 is 0 Å². The van der Waals surface area contributed by atoms with Crippen LogP contribution in [0.4, 0.5) is 0 Å². The molecular formula is C19H13Cl2N5O. The Balaban J connectivity index is 1.77. The predicted octanol–water partition coefficient (Wildman–Crippen LogP) is 4.08. The van der Waals surface area contributed by atoms with Gasteiger partial charge in [0.2, 0.25) is 0 Å². The van der Waals surface area contributed by atoms with Crippen LogP contribution in [-0.4, -0.2) is 25.7 Å². The summed E-state index contributed by atoms with van der Waals surface area (Å²) in [6.07, 6.45) is 2.87. The van der Waals surface area contributed by atoms with Crippen molar-refractivity contribution in [2.75, 3.05) is 0 Å². The average Bonchev–Trinajstić information content (AvgIpc) is 2.96. The van der Waals surface area contributed by atoms with Gasteiger partial charge in [-0.15, -0.1) is 0 Å². The molecule has 2 aromatic heterocycles. The molecule has 0 radical (unpaired) electrons. The molecule has 0 N–H and O–H groups in total. The summed E-state index contributed by atoms with van der Waals surface area (Å²) in [6, 6.07) is 14.4. The minimum atomic E-state index is -0.260. The summed E-state index contributed by atoms with van der Waals surface area (Å²) < 4.78 is 2.72. The van der Waals surface area contributed by atoms with E-state index in [2.05, 4.69) is 15.2 Å². The van der Waals surface area contributed by atoms with Crippen LogP contribution in [0.5, 0.6) is 0 Å². The van der Waals surface area contributed by atoms with E-state index in [0.29, 0.717) is 38.0 Å². The molecule has 27 heavy (non-hydrogen) atoms. The number of para-hydroxylation sites is 2. The fraction of sp³-hybridized carbons (Fsp3) is 0.0526. The standard InChI is InChI=1S/C19H13Cl2N5O/c1-12-14(18(21)26(24-12)17-9-5-3-7-15(17)20)10-23-25-11-22-16-8-4-2-6-13(16)19(25)27/h2-11H,1H3/b23-10+. The lowest BCUT2D eigenvalue weighted by molar-refractivity contribution is 0.817. The highest BCUT2D eigenvalue weighted by Crippen LogP contribution is 2.26. The largest absolute Gasteiger partial charge is 0.281 e. The number of nitrogens with zero attached hydrogens (tertiary/aromatic N) is 5. The summed E-state index contributed by atoms with van der Waals surface area (Å²) >= 11 is 12.7. The van der Waals surface area contributed by atoms with Crippen LogP contribution in [0.1, 0.15) is 11.3 Å². The lowest BCUT2D eigenvalue weighted by atomic mass is 10.2. The van der Waals surface area contributed by atoms with Crippen molar-refractivity contribution in [3.05, 3.63) is 86.6 Å². The molecule has 6 nitrogen and oxygen atoms in total. The summed E-state index contributed by atoms with van der Waals surface area (Å²) in [6.45, 7) is 1.81. The van der Waals surface area contributed by atoms with Crippen molar-refractivity contribution in [1.82, 2.24) is 19.4 Å². The third kappa shape index (κ3) is 3.13. The highest BCUT2D eigenvalue weighted by molar-refractivity contribution is 6.34. The SMILES string of the molecule is Cc1nn(-c2ccccc2Cl)c(Cl)c1/C=N/n1cnc2ccccc2c1=O. The van der Waals surface area contributed by atoms with Gasteiger partial charge in [0.15, 0.2) is 0 Å². The van der Waals surface area contributed by atoms with E-state index in [1.165, 1.54) is 17.2 Å². The van der Waals surface area contributed by atoms with Gasteiger partial charge in [-0.25, -0.2) is 9.67 Å². The molecule has 4 rings (SSSR count). The Kier molecular flexibility index (Phi) is 4.51. The first kappa shape index (κ1) is 17.5. The van der Waals surface area contributed by atoms with Gasteiger partial charge in [0, 0.05) is 0 Å². The van der Waals surface area contributed by atoms with Gasteiger partial charge in [-0.1, -0.05) is 47.5 Å². The van der Waals surface area contributed by atoms with Gasteiger partial charge in [0.25, 0.3) is 5.56 Å². The van der Waals surface area contributed by atoms with Crippen LogP contribution in [0, 0.1) is 6.92 Å². The van der Waals surface area contributed by atoms with Gasteiger partial charge in [-0.2, -0.15) is 14.9 Å². The molecule has 0 unspecified atom stereocenters. The Labute approximate surface area is 164 Å². The molecule has 0 saturated carbocycles. The highest BCUT2D eigenvalue weighted by Gasteiger charge is 2.15. The van der Waals surface area contributed by atoms with E-state index in [9.17, 15) is 4.79 Å². The van der Waals surface area contributed by atoms with Crippen molar-refractivity contribution in [3.8, 4) is 5.69 Å². The molecule has 0 fully saturated rings. The van der Waals surface area contributed by atoms with Gasteiger partial charge < -0.3 is 0 Å². The summed E-state index contributed by atoms with van der Waals surface area (Å²) in [5.74, 6) is 0. The van der Waals surface area contributed by atoms with Gasteiger partial charge in [-0.3, -0.25) is 4.79 Å². The first-order valence-corrected chi connectivity index (χ1v) is 8.82. The van der Waals surface area contributed by atoms with Gasteiger partial charge in [0.05, 0.1) is 39.1 Å². The second-order valence-corrected chi connectivity index (χ2v) is 6.57. The van der Waals surface area contributed by atoms with Crippen molar-refractivity contribution in [1.29, 1.82) is 0 Å². The van der Waals surface area contributed by atoms with Gasteiger partial charge in [-0.05, 0) is 31.2 Å². The van der Waals surface area contributed by atoms with Crippen molar-refractivity contribution >= 4 is 40.3 Å². The molecule has 0 amide bonds. The third-order valence-corrected chi connectivity index (χ3v) is 4.77. The van der Waals surface area contributed by atoms with Crippen LogP contribution in [-0.2, 0) is 0 Å². The lowest BCUT2D eigenvalue weighted by Gasteiger charge is -2.05. The summed E-state index contributed by atoms with van der Waals surface area (Å²) in [7, 11) is 0. The lowest BCUT2D eigenvalue weighted by Crippen LogP contribution is -2.17. The van der Waals surface area contributed by atoms with Crippen LogP contribution in [0.2, 0.25) is 10.2 Å². The number of hydrogen-bond acceptors (Lipinski definition) is 4. The number of fused-ring (bicyclic) bond motifs is 1. The molecule has 0 spiro atoms. The number of halogens is 2. The Morgan fingerprint density at radius 3 is 2.63 bits per heavy atom. The number of aryl methyl sites for hydroxylation is 1. The summed E-state index contributed by atoms with van der Waals surface area (Å²) in [5.41, 5.74) is 2.28. The van der Waals surface area contributed by atoms with Crippen LogP contribution in [0.3, 0.4) is 0 Å². The summed E-state index contributed by atoms with van der Waals surface area (Å²) in [4.78, 5) is 16.8. The topological polar surface area (TPSA) is 65.1 Å². The minimum Gasteiger partial charge on any atom is -0.267 e. The molecule has 0 aliphatic rings. The first-order valence-electron chi connectivity index (χ1n) is 8.07. The van der Waals surface area contributed by atoms with E-state index in [4.69, 9.17) is 23.2 Å². The maximum atomic E-state index is 12.5. The molecule has 0 aliphatic heterocycles. The van der Waals surface area contributed by atoms with Crippen LogP contribution in [0.25, 0.3) is 16.6 Å². The molecule has 134 valence electrons. The van der Waals surface area contributed by atoms with E-state index in [-0.39, 0.29) is 5.56 Å². The predicted molar refractivity (Wildman–Crippen MR) is 107 cm³/mol.